The Morgan fingerprint density at radius 3 is 0.739 bits per heavy atom. The second-order valence-corrected chi connectivity index (χ2v) is 29.9. The van der Waals surface area contributed by atoms with E-state index in [1.807, 2.05) is 6.08 Å². The molecule has 0 fully saturated rings. The maximum Gasteiger partial charge on any atom is 0.305 e. The van der Waals surface area contributed by atoms with E-state index in [9.17, 15) is 19.8 Å². The fourth-order valence-electron chi connectivity index (χ4n) is 14.1. The number of esters is 1. The number of carbonyl (C=O) groups is 2. The predicted octanol–water partition coefficient (Wildman–Crippen LogP) is 28.6. The van der Waals surface area contributed by atoms with Crippen LogP contribution in [0, 0.1) is 0 Å². The van der Waals surface area contributed by atoms with Gasteiger partial charge in [-0.25, -0.2) is 0 Å². The van der Waals surface area contributed by atoms with Crippen LogP contribution in [0.15, 0.2) is 12.2 Å². The fraction of sp³-hybridized carbons (Fsp3) is 0.953. The van der Waals surface area contributed by atoms with Crippen LogP contribution >= 0.6 is 0 Å². The van der Waals surface area contributed by atoms with E-state index in [1.54, 1.807) is 6.08 Å². The Balaban J connectivity index is 3.32. The maximum absolute atomic E-state index is 12.6. The minimum absolute atomic E-state index is 0.0260. The summed E-state index contributed by atoms with van der Waals surface area (Å²) in [6, 6.07) is -0.624. The normalized spacial score (nSPS) is 12.4. The molecular weight excluding hydrogens is 1130 g/mol. The van der Waals surface area contributed by atoms with Gasteiger partial charge in [0.2, 0.25) is 5.91 Å². The van der Waals surface area contributed by atoms with Gasteiger partial charge in [0.05, 0.1) is 25.4 Å². The van der Waals surface area contributed by atoms with Crippen molar-refractivity contribution in [1.82, 2.24) is 5.32 Å². The van der Waals surface area contributed by atoms with E-state index in [1.165, 1.54) is 437 Å². The number of carbonyl (C=O) groups excluding carboxylic acids is 2. The molecule has 3 N–H and O–H groups in total. The number of allylic oxidation sites excluding steroid dienone is 1. The SMILES string of the molecule is CCCCCCCCCCCCCCCCCCCCCCCCC/C=C/C(O)C(CO)NC(=O)CCCCCCCCCCCCCCCCCCCCCCCCCCCCCCCCCCCCCCCOC(=O)CCCCCCCCCCCCCCC. The number of hydrogen-bond donors (Lipinski definition) is 3. The van der Waals surface area contributed by atoms with Crippen molar-refractivity contribution in [2.45, 2.75) is 514 Å². The molecule has 2 atom stereocenters. The number of unbranched alkanes of at least 4 members (excludes halogenated alkanes) is 71. The zero-order valence-electron chi connectivity index (χ0n) is 63.1. The van der Waals surface area contributed by atoms with Crippen LogP contribution < -0.4 is 5.32 Å². The van der Waals surface area contributed by atoms with Crippen LogP contribution in [0.2, 0.25) is 0 Å². The van der Waals surface area contributed by atoms with E-state index < -0.39 is 12.1 Å². The van der Waals surface area contributed by atoms with Gasteiger partial charge in [-0.3, -0.25) is 9.59 Å². The van der Waals surface area contributed by atoms with Gasteiger partial charge in [0.1, 0.15) is 0 Å². The Hall–Kier alpha value is -1.40. The lowest BCUT2D eigenvalue weighted by Crippen LogP contribution is -2.45. The molecule has 6 heteroatoms. The summed E-state index contributed by atoms with van der Waals surface area (Å²) in [5.41, 5.74) is 0. The van der Waals surface area contributed by atoms with Gasteiger partial charge in [-0.15, -0.1) is 0 Å². The van der Waals surface area contributed by atoms with Crippen LogP contribution in [-0.2, 0) is 14.3 Å². The molecule has 0 radical (unpaired) electrons. The minimum atomic E-state index is -0.842. The molecule has 0 aromatic rings. The molecule has 0 aromatic heterocycles. The van der Waals surface area contributed by atoms with E-state index in [0.717, 1.165) is 38.5 Å². The minimum Gasteiger partial charge on any atom is -0.466 e. The summed E-state index contributed by atoms with van der Waals surface area (Å²) in [5.74, 6) is -0.0299. The van der Waals surface area contributed by atoms with Gasteiger partial charge in [-0.2, -0.15) is 0 Å². The highest BCUT2D eigenvalue weighted by Gasteiger charge is 2.18. The zero-order chi connectivity index (χ0) is 66.3. The molecule has 0 heterocycles. The van der Waals surface area contributed by atoms with Crippen LogP contribution in [0.3, 0.4) is 0 Å². The van der Waals surface area contributed by atoms with Gasteiger partial charge < -0.3 is 20.3 Å². The molecule has 0 aliphatic carbocycles. The van der Waals surface area contributed by atoms with Crippen molar-refractivity contribution in [2.75, 3.05) is 13.2 Å². The van der Waals surface area contributed by atoms with Gasteiger partial charge in [-0.05, 0) is 32.1 Å². The number of amides is 1. The maximum atomic E-state index is 12.6. The number of rotatable bonds is 82. The van der Waals surface area contributed by atoms with Crippen LogP contribution in [0.4, 0.5) is 0 Å². The average molecular weight is 1300 g/mol. The van der Waals surface area contributed by atoms with Crippen molar-refractivity contribution in [2.24, 2.45) is 0 Å². The molecule has 0 saturated heterocycles. The lowest BCUT2D eigenvalue weighted by molar-refractivity contribution is -0.143. The van der Waals surface area contributed by atoms with Gasteiger partial charge in [0.25, 0.3) is 0 Å². The molecule has 0 aliphatic heterocycles. The Kier molecular flexibility index (Phi) is 80.8. The largest absolute Gasteiger partial charge is 0.466 e. The topological polar surface area (TPSA) is 95.9 Å². The zero-order valence-corrected chi connectivity index (χ0v) is 63.1. The van der Waals surface area contributed by atoms with E-state index in [4.69, 9.17) is 4.74 Å². The molecule has 0 saturated carbocycles. The van der Waals surface area contributed by atoms with Crippen LogP contribution in [-0.4, -0.2) is 47.4 Å². The van der Waals surface area contributed by atoms with Crippen molar-refractivity contribution in [3.63, 3.8) is 0 Å². The summed E-state index contributed by atoms with van der Waals surface area (Å²) in [7, 11) is 0. The Bertz CT molecular complexity index is 1400. The first-order chi connectivity index (χ1) is 45.5. The standard InChI is InChI=1S/C86H169NO5/c1-3-5-7-9-11-13-15-17-18-19-20-21-22-36-39-42-45-48-51-55-58-62-66-70-74-78-84(89)83(82-88)87-85(90)79-75-71-67-63-59-56-52-49-46-43-40-37-34-32-30-28-26-24-23-25-27-29-31-33-35-38-41-44-47-50-53-57-61-65-69-73-77-81-92-86(91)80-76-72-68-64-60-54-16-14-12-10-8-6-4-2/h74,78,83-84,88-89H,3-73,75-77,79-82H2,1-2H3,(H,87,90)/b78-74+. The molecule has 0 aromatic carbocycles. The van der Waals surface area contributed by atoms with Crippen molar-refractivity contribution in [3.05, 3.63) is 12.2 Å². The van der Waals surface area contributed by atoms with Gasteiger partial charge >= 0.3 is 5.97 Å². The van der Waals surface area contributed by atoms with E-state index in [2.05, 4.69) is 19.2 Å². The van der Waals surface area contributed by atoms with Gasteiger partial charge in [0.15, 0.2) is 0 Å². The fourth-order valence-corrected chi connectivity index (χ4v) is 14.1. The molecule has 6 nitrogen and oxygen atoms in total. The van der Waals surface area contributed by atoms with Crippen molar-refractivity contribution in [3.8, 4) is 0 Å². The number of ether oxygens (including phenoxy) is 1. The number of hydrogen-bond acceptors (Lipinski definition) is 5. The first-order valence-corrected chi connectivity index (χ1v) is 43.0. The lowest BCUT2D eigenvalue weighted by Gasteiger charge is -2.20. The quantitative estimate of drug-likeness (QED) is 0.0320. The van der Waals surface area contributed by atoms with E-state index in [-0.39, 0.29) is 18.5 Å². The summed E-state index contributed by atoms with van der Waals surface area (Å²) in [5, 5.41) is 23.3. The third-order valence-electron chi connectivity index (χ3n) is 20.6. The van der Waals surface area contributed by atoms with Gasteiger partial charge in [-0.1, -0.05) is 469 Å². The molecular formula is C86H169NO5. The highest BCUT2D eigenvalue weighted by Crippen LogP contribution is 2.21. The first kappa shape index (κ1) is 90.6. The lowest BCUT2D eigenvalue weighted by atomic mass is 10.0. The van der Waals surface area contributed by atoms with Crippen LogP contribution in [0.25, 0.3) is 0 Å². The van der Waals surface area contributed by atoms with Crippen molar-refractivity contribution < 1.29 is 24.5 Å². The number of nitrogens with one attached hydrogen (secondary N) is 1. The van der Waals surface area contributed by atoms with Crippen molar-refractivity contribution in [1.29, 1.82) is 0 Å². The van der Waals surface area contributed by atoms with Crippen LogP contribution in [0.1, 0.15) is 502 Å². The Morgan fingerprint density at radius 1 is 0.293 bits per heavy atom. The molecule has 92 heavy (non-hydrogen) atoms. The van der Waals surface area contributed by atoms with E-state index in [0.29, 0.717) is 19.4 Å². The molecule has 0 spiro atoms. The monoisotopic (exact) mass is 1300 g/mol. The highest BCUT2D eigenvalue weighted by atomic mass is 16.5. The second-order valence-electron chi connectivity index (χ2n) is 29.9. The first-order valence-electron chi connectivity index (χ1n) is 43.0. The molecule has 1 amide bonds. The molecule has 0 rings (SSSR count). The summed E-state index contributed by atoms with van der Waals surface area (Å²) >= 11 is 0. The highest BCUT2D eigenvalue weighted by molar-refractivity contribution is 5.76. The van der Waals surface area contributed by atoms with E-state index >= 15 is 0 Å². The molecule has 2 unspecified atom stereocenters. The van der Waals surface area contributed by atoms with Crippen molar-refractivity contribution >= 4 is 11.9 Å². The molecule has 548 valence electrons. The average Bonchev–Trinajstić information content (AvgIpc) is 3.67. The summed E-state index contributed by atoms with van der Waals surface area (Å²) < 4.78 is 5.50. The molecule has 0 bridgehead atoms. The Labute approximate surface area is 578 Å². The number of aliphatic hydroxyl groups excluding tert-OH is 2. The van der Waals surface area contributed by atoms with Gasteiger partial charge in [0, 0.05) is 12.8 Å². The Morgan fingerprint density at radius 2 is 0.500 bits per heavy atom. The third kappa shape index (κ3) is 77.6. The number of aliphatic hydroxyl groups is 2. The second kappa shape index (κ2) is 82.0. The predicted molar refractivity (Wildman–Crippen MR) is 407 cm³/mol. The third-order valence-corrected chi connectivity index (χ3v) is 20.6. The van der Waals surface area contributed by atoms with Crippen LogP contribution in [0.5, 0.6) is 0 Å². The molecule has 0 aliphatic rings. The smallest absolute Gasteiger partial charge is 0.305 e. The summed E-state index contributed by atoms with van der Waals surface area (Å²) in [6.07, 6.45) is 105. The summed E-state index contributed by atoms with van der Waals surface area (Å²) in [4.78, 5) is 24.6. The summed E-state index contributed by atoms with van der Waals surface area (Å²) in [6.45, 7) is 4.97.